The molecule has 0 atom stereocenters. The quantitative estimate of drug-likeness (QED) is 0.168. The highest BCUT2D eigenvalue weighted by molar-refractivity contribution is 7.19. The molecule has 5 rings (SSSR count). The molecule has 0 N–H and O–H groups in total. The van der Waals surface area contributed by atoms with Crippen molar-refractivity contribution in [3.05, 3.63) is 145 Å². The van der Waals surface area contributed by atoms with Gasteiger partial charge >= 0.3 is 0 Å². The van der Waals surface area contributed by atoms with Gasteiger partial charge in [-0.3, -0.25) is 0 Å². The molecule has 0 aliphatic carbocycles. The van der Waals surface area contributed by atoms with Gasteiger partial charge in [0.25, 0.3) is 0 Å². The van der Waals surface area contributed by atoms with Crippen LogP contribution in [0.2, 0.25) is 0 Å². The molecule has 1 heteroatoms. The van der Waals surface area contributed by atoms with Crippen LogP contribution in [0, 0.1) is 0 Å². The Hall–Kier alpha value is -3.68. The van der Waals surface area contributed by atoms with E-state index in [0.717, 1.165) is 0 Å². The lowest BCUT2D eigenvalue weighted by molar-refractivity contribution is 0.792. The van der Waals surface area contributed by atoms with Crippen LogP contribution in [0.15, 0.2) is 133 Å². The molecule has 0 saturated carbocycles. The van der Waals surface area contributed by atoms with Crippen molar-refractivity contribution in [2.75, 3.05) is 0 Å². The summed E-state index contributed by atoms with van der Waals surface area (Å²) in [6, 6.07) is 49.8. The van der Waals surface area contributed by atoms with Crippen molar-refractivity contribution in [1.82, 2.24) is 0 Å². The van der Waals surface area contributed by atoms with Crippen molar-refractivity contribution >= 4 is 28.8 Å². The van der Waals surface area contributed by atoms with Crippen LogP contribution in [-0.4, -0.2) is 8.07 Å². The normalized spacial score (nSPS) is 11.7. The van der Waals surface area contributed by atoms with E-state index < -0.39 is 8.07 Å². The van der Waals surface area contributed by atoms with Gasteiger partial charge in [-0.1, -0.05) is 161 Å². The molecule has 0 aliphatic heterocycles. The lowest BCUT2D eigenvalue weighted by Crippen LogP contribution is -2.74. The Morgan fingerprint density at radius 3 is 1.24 bits per heavy atom. The minimum absolute atomic E-state index is 0.472. The summed E-state index contributed by atoms with van der Waals surface area (Å²) >= 11 is 0. The lowest BCUT2D eigenvalue weighted by atomic mass is 9.84. The fourth-order valence-electron chi connectivity index (χ4n) is 5.95. The summed E-state index contributed by atoms with van der Waals surface area (Å²) in [6.45, 7) is 9.23. The Balaban J connectivity index is 1.75. The second-order valence-electron chi connectivity index (χ2n) is 10.5. The Kier molecular flexibility index (Phi) is 7.25. The largest absolute Gasteiger partial charge is 0.179 e. The summed E-state index contributed by atoms with van der Waals surface area (Å²) in [4.78, 5) is 0. The molecule has 0 heterocycles. The molecule has 5 aromatic carbocycles. The van der Waals surface area contributed by atoms with Gasteiger partial charge in [-0.25, -0.2) is 0 Å². The molecule has 37 heavy (non-hydrogen) atoms. The molecule has 184 valence electrons. The molecule has 0 aromatic heterocycles. The molecule has 0 saturated heterocycles. The summed E-state index contributed by atoms with van der Waals surface area (Å²) < 4.78 is 0. The summed E-state index contributed by atoms with van der Waals surface area (Å²) in [5.41, 5.74) is 5.59. The van der Waals surface area contributed by atoms with Crippen molar-refractivity contribution in [2.24, 2.45) is 0 Å². The lowest BCUT2D eigenvalue weighted by Gasteiger charge is -2.34. The molecule has 0 bridgehead atoms. The average molecular weight is 497 g/mol. The topological polar surface area (TPSA) is 0 Å². The van der Waals surface area contributed by atoms with E-state index in [1.54, 1.807) is 0 Å². The SMILES string of the molecule is CC(C)c1cccc(-c2ccc([Si](c3ccccc3)(c3ccccc3)c3ccccc3)cc2)c1C(C)C. The standard InChI is InChI=1S/C36H36Si/c1-27(2)34-21-14-22-35(36(34)28(3)4)29-23-25-33(26-24-29)37(30-15-8-5-9-16-30,31-17-10-6-11-18-31)32-19-12-7-13-20-32/h5-28H,1-4H3. The zero-order valence-corrected chi connectivity index (χ0v) is 23.4. The third-order valence-corrected chi connectivity index (χ3v) is 12.4. The molecule has 0 radical (unpaired) electrons. The van der Waals surface area contributed by atoms with Crippen LogP contribution in [0.4, 0.5) is 0 Å². The van der Waals surface area contributed by atoms with Crippen molar-refractivity contribution < 1.29 is 0 Å². The zero-order chi connectivity index (χ0) is 25.8. The van der Waals surface area contributed by atoms with Crippen LogP contribution in [0.3, 0.4) is 0 Å². The van der Waals surface area contributed by atoms with Gasteiger partial charge in [0.2, 0.25) is 0 Å². The molecule has 5 aromatic rings. The van der Waals surface area contributed by atoms with Gasteiger partial charge in [-0.05, 0) is 54.8 Å². The maximum Gasteiger partial charge on any atom is 0.179 e. The van der Waals surface area contributed by atoms with Crippen LogP contribution in [0.5, 0.6) is 0 Å². The smallest absolute Gasteiger partial charge is 0.0623 e. The van der Waals surface area contributed by atoms with Crippen molar-refractivity contribution in [3.63, 3.8) is 0 Å². The highest BCUT2D eigenvalue weighted by Crippen LogP contribution is 2.35. The Morgan fingerprint density at radius 2 is 0.838 bits per heavy atom. The second kappa shape index (κ2) is 10.7. The van der Waals surface area contributed by atoms with Crippen LogP contribution in [0.1, 0.15) is 50.7 Å². The molecular weight excluding hydrogens is 460 g/mol. The van der Waals surface area contributed by atoms with Gasteiger partial charge in [-0.2, -0.15) is 0 Å². The molecule has 0 nitrogen and oxygen atoms in total. The van der Waals surface area contributed by atoms with Crippen LogP contribution >= 0.6 is 0 Å². The van der Waals surface area contributed by atoms with Gasteiger partial charge in [0.05, 0.1) is 0 Å². The van der Waals surface area contributed by atoms with Gasteiger partial charge < -0.3 is 0 Å². The van der Waals surface area contributed by atoms with E-state index in [1.807, 2.05) is 0 Å². The first-order valence-electron chi connectivity index (χ1n) is 13.4. The fraction of sp³-hybridized carbons (Fsp3) is 0.167. The van der Waals surface area contributed by atoms with Crippen molar-refractivity contribution in [3.8, 4) is 11.1 Å². The van der Waals surface area contributed by atoms with Crippen molar-refractivity contribution in [1.29, 1.82) is 0 Å². The van der Waals surface area contributed by atoms with Gasteiger partial charge in [0, 0.05) is 0 Å². The highest BCUT2D eigenvalue weighted by atomic mass is 28.3. The zero-order valence-electron chi connectivity index (χ0n) is 22.4. The average Bonchev–Trinajstić information content (AvgIpc) is 2.95. The molecule has 0 unspecified atom stereocenters. The fourth-order valence-corrected chi connectivity index (χ4v) is 10.7. The van der Waals surface area contributed by atoms with Gasteiger partial charge in [-0.15, -0.1) is 0 Å². The molecule has 0 spiro atoms. The number of hydrogen-bond acceptors (Lipinski definition) is 0. The first-order chi connectivity index (χ1) is 18.0. The Labute approximate surface area is 223 Å². The van der Waals surface area contributed by atoms with Crippen LogP contribution in [0.25, 0.3) is 11.1 Å². The summed E-state index contributed by atoms with van der Waals surface area (Å²) in [5, 5.41) is 5.63. The van der Waals surface area contributed by atoms with Crippen LogP contribution < -0.4 is 20.7 Å². The summed E-state index contributed by atoms with van der Waals surface area (Å²) in [5.74, 6) is 0.977. The second-order valence-corrected chi connectivity index (χ2v) is 14.4. The predicted octanol–water partition coefficient (Wildman–Crippen LogP) is 6.98. The van der Waals surface area contributed by atoms with E-state index in [9.17, 15) is 0 Å². The van der Waals surface area contributed by atoms with E-state index >= 15 is 0 Å². The number of benzene rings is 5. The maximum atomic E-state index is 2.40. The van der Waals surface area contributed by atoms with Crippen LogP contribution in [-0.2, 0) is 0 Å². The summed E-state index contributed by atoms with van der Waals surface area (Å²) in [6.07, 6.45) is 0. The minimum Gasteiger partial charge on any atom is -0.0623 e. The third-order valence-electron chi connectivity index (χ3n) is 7.59. The van der Waals surface area contributed by atoms with Gasteiger partial charge in [0.1, 0.15) is 0 Å². The van der Waals surface area contributed by atoms with E-state index in [-0.39, 0.29) is 0 Å². The van der Waals surface area contributed by atoms with E-state index in [4.69, 9.17) is 0 Å². The van der Waals surface area contributed by atoms with E-state index in [0.29, 0.717) is 11.8 Å². The third kappa shape index (κ3) is 4.60. The molecular formula is C36H36Si. The Morgan fingerprint density at radius 1 is 0.405 bits per heavy atom. The van der Waals surface area contributed by atoms with E-state index in [2.05, 4.69) is 161 Å². The maximum absolute atomic E-state index is 2.49. The highest BCUT2D eigenvalue weighted by Gasteiger charge is 2.41. The Bertz CT molecular complexity index is 1340. The molecule has 0 fully saturated rings. The number of rotatable bonds is 7. The molecule has 0 amide bonds. The predicted molar refractivity (Wildman–Crippen MR) is 164 cm³/mol. The summed E-state index contributed by atoms with van der Waals surface area (Å²) in [7, 11) is -2.49. The minimum atomic E-state index is -2.49. The monoisotopic (exact) mass is 496 g/mol. The molecule has 0 aliphatic rings. The first kappa shape index (κ1) is 25.0. The van der Waals surface area contributed by atoms with Gasteiger partial charge in [0.15, 0.2) is 8.07 Å². The first-order valence-corrected chi connectivity index (χ1v) is 15.4. The number of hydrogen-bond donors (Lipinski definition) is 0. The van der Waals surface area contributed by atoms with E-state index in [1.165, 1.54) is 43.0 Å². The van der Waals surface area contributed by atoms with Crippen molar-refractivity contribution in [2.45, 2.75) is 39.5 Å².